The first-order valence-corrected chi connectivity index (χ1v) is 21.4. The van der Waals surface area contributed by atoms with Gasteiger partial charge in [-0.3, -0.25) is 24.0 Å². The number of nitrogens with zero attached hydrogens (tertiary/aromatic N) is 1. The molecule has 5 amide bonds. The van der Waals surface area contributed by atoms with Crippen LogP contribution in [0.4, 0.5) is 4.79 Å². The fourth-order valence-electron chi connectivity index (χ4n) is 6.44. The van der Waals surface area contributed by atoms with Gasteiger partial charge in [-0.25, -0.2) is 9.59 Å². The van der Waals surface area contributed by atoms with Crippen molar-refractivity contribution in [2.45, 2.75) is 121 Å². The Labute approximate surface area is 338 Å². The molecule has 4 N–H and O–H groups in total. The Balaban J connectivity index is 1.47. The maximum Gasteiger partial charge on any atom is 0.407 e. The molecule has 2 heterocycles. The maximum atomic E-state index is 14.4. The Hall–Kier alpha value is -3.79. The molecule has 4 atom stereocenters. The number of rotatable bonds is 15. The Morgan fingerprint density at radius 1 is 0.911 bits per heavy atom. The molecule has 0 bridgehead atoms. The third-order valence-corrected chi connectivity index (χ3v) is 12.8. The molecule has 310 valence electrons. The molecule has 1 saturated carbocycles. The molecule has 14 nitrogen and oxygen atoms in total. The summed E-state index contributed by atoms with van der Waals surface area (Å²) in [7, 11) is 0. The summed E-state index contributed by atoms with van der Waals surface area (Å²) in [5.41, 5.74) is -1.08. The van der Waals surface area contributed by atoms with Crippen molar-refractivity contribution in [2.75, 3.05) is 31.2 Å². The highest BCUT2D eigenvalue weighted by Crippen LogP contribution is 2.51. The number of amides is 5. The van der Waals surface area contributed by atoms with Crippen LogP contribution in [0.1, 0.15) is 99.1 Å². The van der Waals surface area contributed by atoms with E-state index < -0.39 is 87.3 Å². The van der Waals surface area contributed by atoms with Crippen LogP contribution in [0, 0.1) is 17.3 Å². The fourth-order valence-corrected chi connectivity index (χ4v) is 9.79. The average Bonchev–Trinajstić information content (AvgIpc) is 3.87. The molecule has 16 heteroatoms. The second-order valence-electron chi connectivity index (χ2n) is 17.3. The van der Waals surface area contributed by atoms with Gasteiger partial charge in [-0.15, -0.1) is 23.5 Å². The lowest BCUT2D eigenvalue weighted by Crippen LogP contribution is -2.59. The van der Waals surface area contributed by atoms with Gasteiger partial charge in [-0.2, -0.15) is 0 Å². The predicted octanol–water partition coefficient (Wildman–Crippen LogP) is 4.12. The van der Waals surface area contributed by atoms with Crippen LogP contribution >= 0.6 is 23.5 Å². The van der Waals surface area contributed by atoms with E-state index in [-0.39, 0.29) is 31.4 Å². The minimum absolute atomic E-state index is 0.0955. The van der Waals surface area contributed by atoms with E-state index in [1.54, 1.807) is 74.6 Å². The highest BCUT2D eigenvalue weighted by molar-refractivity contribution is 8.18. The van der Waals surface area contributed by atoms with E-state index in [0.29, 0.717) is 12.0 Å². The molecular weight excluding hydrogens is 759 g/mol. The summed E-state index contributed by atoms with van der Waals surface area (Å²) in [5.74, 6) is -2.43. The van der Waals surface area contributed by atoms with Crippen molar-refractivity contribution in [3.8, 4) is 0 Å². The van der Waals surface area contributed by atoms with Crippen molar-refractivity contribution >= 4 is 65.0 Å². The lowest BCUT2D eigenvalue weighted by atomic mass is 9.85. The van der Waals surface area contributed by atoms with Crippen molar-refractivity contribution in [3.05, 3.63) is 35.9 Å². The number of hydrogen-bond donors (Lipinski definition) is 4. The number of ether oxygens (including phenoxy) is 2. The van der Waals surface area contributed by atoms with Crippen LogP contribution in [-0.2, 0) is 38.2 Å². The van der Waals surface area contributed by atoms with Crippen molar-refractivity contribution in [3.63, 3.8) is 0 Å². The van der Waals surface area contributed by atoms with Gasteiger partial charge in [0.15, 0.2) is 6.04 Å². The predicted molar refractivity (Wildman–Crippen MR) is 215 cm³/mol. The summed E-state index contributed by atoms with van der Waals surface area (Å²) >= 11 is 3.41. The van der Waals surface area contributed by atoms with Crippen LogP contribution in [-0.4, -0.2) is 105 Å². The van der Waals surface area contributed by atoms with E-state index in [2.05, 4.69) is 21.3 Å². The Morgan fingerprint density at radius 3 is 2.12 bits per heavy atom. The number of alkyl carbamates (subject to hydrolysis) is 1. The number of esters is 1. The summed E-state index contributed by atoms with van der Waals surface area (Å²) in [5, 5.41) is 10.5. The molecule has 1 aromatic carbocycles. The normalized spacial score (nSPS) is 19.7. The van der Waals surface area contributed by atoms with Gasteiger partial charge in [0.2, 0.25) is 23.5 Å². The summed E-state index contributed by atoms with van der Waals surface area (Å²) in [4.78, 5) is 96.0. The molecule has 1 spiro atoms. The third kappa shape index (κ3) is 13.1. The second kappa shape index (κ2) is 19.1. The van der Waals surface area contributed by atoms with E-state index in [0.717, 1.165) is 30.8 Å². The summed E-state index contributed by atoms with van der Waals surface area (Å²) < 4.78 is 10.4. The molecule has 1 aliphatic carbocycles. The minimum Gasteiger partial charge on any atom is -0.458 e. The van der Waals surface area contributed by atoms with E-state index in [1.807, 2.05) is 34.6 Å². The molecule has 0 aromatic heterocycles. The third-order valence-electron chi connectivity index (χ3n) is 9.43. The average molecular weight is 818 g/mol. The first-order valence-electron chi connectivity index (χ1n) is 19.4. The number of hydrogen-bond acceptors (Lipinski definition) is 11. The lowest BCUT2D eigenvalue weighted by molar-refractivity contribution is -0.158. The van der Waals surface area contributed by atoms with Gasteiger partial charge in [0, 0.05) is 13.0 Å². The first kappa shape index (κ1) is 44.9. The number of ketones is 1. The van der Waals surface area contributed by atoms with Crippen LogP contribution < -0.4 is 21.3 Å². The number of benzene rings is 1. The molecule has 0 radical (unpaired) electrons. The second-order valence-corrected chi connectivity index (χ2v) is 20.5. The Morgan fingerprint density at radius 2 is 1.55 bits per heavy atom. The molecule has 4 unspecified atom stereocenters. The zero-order valence-corrected chi connectivity index (χ0v) is 35.5. The number of nitrogens with one attached hydrogen (secondary N) is 4. The highest BCUT2D eigenvalue weighted by atomic mass is 32.2. The Kier molecular flexibility index (Phi) is 15.3. The van der Waals surface area contributed by atoms with Gasteiger partial charge in [0.25, 0.3) is 5.91 Å². The van der Waals surface area contributed by atoms with Gasteiger partial charge < -0.3 is 35.6 Å². The van der Waals surface area contributed by atoms with E-state index in [4.69, 9.17) is 9.47 Å². The van der Waals surface area contributed by atoms with Crippen LogP contribution in [0.3, 0.4) is 0 Å². The lowest BCUT2D eigenvalue weighted by Gasteiger charge is -2.36. The van der Waals surface area contributed by atoms with Crippen molar-refractivity contribution in [1.29, 1.82) is 0 Å². The SMILES string of the molecule is CC(C)COC(=O)NC(C(=O)N1CC2(CC1C(=O)NC(CC1CC1)C(=O)C(=O)NCC(=O)NC(C(=O)OC(C)(C)C)c1ccccc1)SCCCS2)C(C)(C)C. The number of Topliss-reactive ketones (excluding diaryl/α,β-unsaturated/α-hetero) is 1. The number of likely N-dealkylation sites (tertiary alicyclic amines) is 1. The summed E-state index contributed by atoms with van der Waals surface area (Å²) in [6.07, 6.45) is 2.50. The van der Waals surface area contributed by atoms with Crippen molar-refractivity contribution < 1.29 is 43.0 Å². The maximum absolute atomic E-state index is 14.4. The first-order chi connectivity index (χ1) is 26.2. The summed E-state index contributed by atoms with van der Waals surface area (Å²) in [6, 6.07) is 4.19. The van der Waals surface area contributed by atoms with Crippen LogP contribution in [0.25, 0.3) is 0 Å². The molecule has 3 fully saturated rings. The van der Waals surface area contributed by atoms with Crippen LogP contribution in [0.5, 0.6) is 0 Å². The molecule has 4 rings (SSSR count). The molecule has 2 aliphatic heterocycles. The molecule has 2 saturated heterocycles. The van der Waals surface area contributed by atoms with E-state index in [1.165, 1.54) is 4.90 Å². The van der Waals surface area contributed by atoms with Crippen LogP contribution in [0.2, 0.25) is 0 Å². The molecular formula is C40H59N5O9S2. The molecule has 3 aliphatic rings. The van der Waals surface area contributed by atoms with Gasteiger partial charge in [-0.1, -0.05) is 77.8 Å². The molecule has 56 heavy (non-hydrogen) atoms. The smallest absolute Gasteiger partial charge is 0.407 e. The van der Waals surface area contributed by atoms with E-state index in [9.17, 15) is 33.6 Å². The largest absolute Gasteiger partial charge is 0.458 e. The van der Waals surface area contributed by atoms with Gasteiger partial charge >= 0.3 is 12.1 Å². The standard InChI is InChI=1S/C40H59N5O9S2/c1-24(2)22-53-37(52)44-32(38(3,4)5)35(50)45-23-40(55-17-12-18-56-40)20-28(45)33(48)42-27(19-25-15-16-25)31(47)34(49)41-21-29(46)43-30(26-13-10-9-11-14-26)36(51)54-39(6,7)8/h9-11,13-14,24-25,27-28,30,32H,12,15-23H2,1-8H3,(H,41,49)(H,42,48)(H,43,46)(H,44,52). The van der Waals surface area contributed by atoms with Gasteiger partial charge in [0.1, 0.15) is 17.7 Å². The monoisotopic (exact) mass is 817 g/mol. The van der Waals surface area contributed by atoms with Crippen molar-refractivity contribution in [2.24, 2.45) is 17.3 Å². The number of thioether (sulfide) groups is 2. The van der Waals surface area contributed by atoms with Crippen LogP contribution in [0.15, 0.2) is 30.3 Å². The fraction of sp³-hybridized carbons (Fsp3) is 0.675. The highest BCUT2D eigenvalue weighted by Gasteiger charge is 2.53. The summed E-state index contributed by atoms with van der Waals surface area (Å²) in [6.45, 7) is 14.2. The zero-order valence-electron chi connectivity index (χ0n) is 33.9. The minimum atomic E-state index is -1.19. The molecule has 1 aromatic rings. The van der Waals surface area contributed by atoms with Gasteiger partial charge in [-0.05, 0) is 67.9 Å². The topological polar surface area (TPSA) is 189 Å². The number of carbonyl (C=O) groups excluding carboxylic acids is 7. The van der Waals surface area contributed by atoms with Crippen molar-refractivity contribution in [1.82, 2.24) is 26.2 Å². The van der Waals surface area contributed by atoms with E-state index >= 15 is 0 Å². The quantitative estimate of drug-likeness (QED) is 0.147. The van der Waals surface area contributed by atoms with Gasteiger partial charge in [0.05, 0.1) is 23.3 Å². The zero-order chi connectivity index (χ0) is 41.4. The number of carbonyl (C=O) groups is 7. The Bertz CT molecular complexity index is 1600.